The summed E-state index contributed by atoms with van der Waals surface area (Å²) in [5, 5.41) is 10.9. The molecule has 5 heterocycles. The van der Waals surface area contributed by atoms with E-state index in [0.29, 0.717) is 31.3 Å². The molecule has 35 heavy (non-hydrogen) atoms. The molecule has 0 unspecified atom stereocenters. The van der Waals surface area contributed by atoms with E-state index in [0.717, 1.165) is 38.4 Å². The molecule has 0 radical (unpaired) electrons. The molecular weight excluding hydrogens is 460 g/mol. The number of aromatic nitrogens is 5. The van der Waals surface area contributed by atoms with Crippen LogP contribution < -0.4 is 10.2 Å². The molecule has 0 atom stereocenters. The van der Waals surface area contributed by atoms with Crippen molar-refractivity contribution in [3.63, 3.8) is 0 Å². The molecule has 3 aromatic heterocycles. The van der Waals surface area contributed by atoms with Crippen LogP contribution in [-0.4, -0.2) is 62.9 Å². The number of alkyl halides is 2. The molecule has 2 saturated heterocycles. The van der Waals surface area contributed by atoms with E-state index in [-0.39, 0.29) is 28.6 Å². The number of carbonyl (C=O) groups is 2. The van der Waals surface area contributed by atoms with Gasteiger partial charge in [-0.25, -0.2) is 18.3 Å². The second-order valence-corrected chi connectivity index (χ2v) is 9.83. The molecule has 0 aromatic carbocycles. The van der Waals surface area contributed by atoms with Crippen molar-refractivity contribution >= 4 is 29.3 Å². The van der Waals surface area contributed by atoms with Gasteiger partial charge in [0.15, 0.2) is 11.3 Å². The lowest BCUT2D eigenvalue weighted by Crippen LogP contribution is -2.66. The Morgan fingerprint density at radius 3 is 2.66 bits per heavy atom. The van der Waals surface area contributed by atoms with Gasteiger partial charge in [-0.2, -0.15) is 10.2 Å². The van der Waals surface area contributed by atoms with Crippen molar-refractivity contribution in [2.45, 2.75) is 38.2 Å². The van der Waals surface area contributed by atoms with E-state index in [2.05, 4.69) is 25.4 Å². The molecule has 1 N–H and O–H groups in total. The second kappa shape index (κ2) is 8.36. The van der Waals surface area contributed by atoms with Gasteiger partial charge >= 0.3 is 0 Å². The fourth-order valence-electron chi connectivity index (χ4n) is 5.24. The normalized spacial score (nSPS) is 23.3. The molecule has 3 fully saturated rings. The highest BCUT2D eigenvalue weighted by atomic mass is 19.3. The molecule has 6 rings (SSSR count). The first kappa shape index (κ1) is 22.1. The number of amides is 1. The third kappa shape index (κ3) is 3.85. The summed E-state index contributed by atoms with van der Waals surface area (Å²) in [4.78, 5) is 30.9. The Kier molecular flexibility index (Phi) is 5.28. The number of rotatable bonds is 6. The van der Waals surface area contributed by atoms with E-state index in [4.69, 9.17) is 4.74 Å². The van der Waals surface area contributed by atoms with Gasteiger partial charge < -0.3 is 19.7 Å². The average Bonchev–Trinajstić information content (AvgIpc) is 3.41. The Bertz CT molecular complexity index is 1270. The van der Waals surface area contributed by atoms with Crippen LogP contribution in [-0.2, 0) is 9.53 Å². The summed E-state index contributed by atoms with van der Waals surface area (Å²) in [7, 11) is 0. The van der Waals surface area contributed by atoms with Crippen LogP contribution in [0.25, 0.3) is 5.65 Å². The summed E-state index contributed by atoms with van der Waals surface area (Å²) < 4.78 is 35.8. The highest BCUT2D eigenvalue weighted by Gasteiger charge is 2.49. The monoisotopic (exact) mass is 485 g/mol. The molecular formula is C23H25F2N7O3. The molecule has 10 nitrogen and oxygen atoms in total. The van der Waals surface area contributed by atoms with Gasteiger partial charge in [-0.05, 0) is 31.7 Å². The van der Waals surface area contributed by atoms with Crippen molar-refractivity contribution in [2.75, 3.05) is 36.5 Å². The smallest absolute Gasteiger partial charge is 0.284 e. The van der Waals surface area contributed by atoms with Gasteiger partial charge in [0.2, 0.25) is 0 Å². The number of hydrogen-bond acceptors (Lipinski definition) is 7. The van der Waals surface area contributed by atoms with Crippen molar-refractivity contribution in [3.8, 4) is 0 Å². The molecule has 12 heteroatoms. The largest absolute Gasteiger partial charge is 0.380 e. The van der Waals surface area contributed by atoms with Crippen LogP contribution >= 0.6 is 0 Å². The lowest BCUT2D eigenvalue weighted by Gasteiger charge is -2.55. The van der Waals surface area contributed by atoms with Gasteiger partial charge in [0, 0.05) is 31.4 Å². The number of hydrogen-bond donors (Lipinski definition) is 1. The number of ether oxygens (including phenoxy) is 1. The molecule has 1 aliphatic carbocycles. The Morgan fingerprint density at radius 2 is 2.00 bits per heavy atom. The average molecular weight is 485 g/mol. The fourth-order valence-corrected chi connectivity index (χ4v) is 5.24. The summed E-state index contributed by atoms with van der Waals surface area (Å²) in [5.74, 6) is 0.159. The van der Waals surface area contributed by atoms with Crippen molar-refractivity contribution in [2.24, 2.45) is 11.3 Å². The number of fused-ring (bicyclic) bond motifs is 1. The van der Waals surface area contributed by atoms with Gasteiger partial charge in [0.25, 0.3) is 12.3 Å². The predicted molar refractivity (Wildman–Crippen MR) is 121 cm³/mol. The second-order valence-electron chi connectivity index (χ2n) is 9.83. The molecule has 3 aliphatic rings. The van der Waals surface area contributed by atoms with Crippen LogP contribution in [0.3, 0.4) is 0 Å². The van der Waals surface area contributed by atoms with Crippen LogP contribution in [0.1, 0.15) is 54.2 Å². The van der Waals surface area contributed by atoms with Crippen molar-refractivity contribution in [1.29, 1.82) is 0 Å². The fraction of sp³-hybridized carbons (Fsp3) is 0.522. The number of carbonyl (C=O) groups excluding carboxylic acids is 2. The topological polar surface area (TPSA) is 107 Å². The van der Waals surface area contributed by atoms with Gasteiger partial charge in [-0.1, -0.05) is 0 Å². The molecule has 1 amide bonds. The zero-order valence-corrected chi connectivity index (χ0v) is 18.9. The highest BCUT2D eigenvalue weighted by Crippen LogP contribution is 2.39. The minimum absolute atomic E-state index is 0.00687. The van der Waals surface area contributed by atoms with E-state index in [1.54, 1.807) is 6.20 Å². The van der Waals surface area contributed by atoms with Crippen LogP contribution in [0.4, 0.5) is 20.3 Å². The first-order valence-corrected chi connectivity index (χ1v) is 11.8. The van der Waals surface area contributed by atoms with Gasteiger partial charge in [0.1, 0.15) is 17.7 Å². The number of nitrogens with zero attached hydrogens (tertiary/aromatic N) is 6. The Balaban J connectivity index is 1.22. The van der Waals surface area contributed by atoms with Crippen LogP contribution in [0.15, 0.2) is 24.7 Å². The van der Waals surface area contributed by atoms with E-state index < -0.39 is 18.0 Å². The SMILES string of the molecule is O=C[C@H]1CC[C@H](n2cc(NC(=O)c3cnn4ccc(N5CC6(COC6)C5)nc34)c(C(F)F)n2)CC1. The minimum Gasteiger partial charge on any atom is -0.380 e. The first-order chi connectivity index (χ1) is 16.9. The lowest BCUT2D eigenvalue weighted by molar-refractivity contribution is -0.127. The highest BCUT2D eigenvalue weighted by molar-refractivity contribution is 6.08. The minimum atomic E-state index is -2.85. The summed E-state index contributed by atoms with van der Waals surface area (Å²) in [6, 6.07) is 1.75. The van der Waals surface area contributed by atoms with Crippen molar-refractivity contribution < 1.29 is 23.1 Å². The zero-order chi connectivity index (χ0) is 24.2. The molecule has 3 aromatic rings. The third-order valence-corrected chi connectivity index (χ3v) is 7.32. The Morgan fingerprint density at radius 1 is 1.23 bits per heavy atom. The van der Waals surface area contributed by atoms with E-state index in [1.165, 1.54) is 21.6 Å². The molecule has 2 aliphatic heterocycles. The van der Waals surface area contributed by atoms with Gasteiger partial charge in [-0.3, -0.25) is 9.48 Å². The summed E-state index contributed by atoms with van der Waals surface area (Å²) in [6.45, 7) is 3.20. The number of nitrogens with one attached hydrogen (secondary N) is 1. The van der Waals surface area contributed by atoms with Crippen molar-refractivity contribution in [3.05, 3.63) is 35.9 Å². The van der Waals surface area contributed by atoms with E-state index in [9.17, 15) is 18.4 Å². The standard InChI is InChI=1S/C23H25F2N7O3/c24-20(25)19-17(8-32(29-19)15-3-1-14(9-33)2-4-15)27-22(34)16-7-26-31-6-5-18(28-21(16)31)30-10-23(11-30)12-35-13-23/h5-9,14-15,20H,1-4,10-13H2,(H,27,34)/t14-,15-. The van der Waals surface area contributed by atoms with E-state index in [1.807, 2.05) is 6.07 Å². The third-order valence-electron chi connectivity index (χ3n) is 7.32. The quantitative estimate of drug-likeness (QED) is 0.535. The maximum atomic E-state index is 13.7. The van der Waals surface area contributed by atoms with Crippen LogP contribution in [0.5, 0.6) is 0 Å². The van der Waals surface area contributed by atoms with Gasteiger partial charge in [-0.15, -0.1) is 0 Å². The number of aldehydes is 1. The molecule has 0 bridgehead atoms. The van der Waals surface area contributed by atoms with Crippen LogP contribution in [0.2, 0.25) is 0 Å². The van der Waals surface area contributed by atoms with Gasteiger partial charge in [0.05, 0.1) is 36.6 Å². The van der Waals surface area contributed by atoms with E-state index >= 15 is 0 Å². The molecule has 184 valence electrons. The molecule has 1 saturated carbocycles. The Labute approximate surface area is 199 Å². The maximum Gasteiger partial charge on any atom is 0.284 e. The first-order valence-electron chi connectivity index (χ1n) is 11.8. The predicted octanol–water partition coefficient (Wildman–Crippen LogP) is 2.88. The lowest BCUT2D eigenvalue weighted by atomic mass is 9.78. The number of halogens is 2. The van der Waals surface area contributed by atoms with Crippen LogP contribution in [0, 0.1) is 11.3 Å². The number of anilines is 2. The summed E-state index contributed by atoms with van der Waals surface area (Å²) in [6.07, 6.45) is 5.41. The summed E-state index contributed by atoms with van der Waals surface area (Å²) in [5.41, 5.74) is 0.242. The Hall–Kier alpha value is -3.41. The summed E-state index contributed by atoms with van der Waals surface area (Å²) >= 11 is 0. The van der Waals surface area contributed by atoms with Crippen molar-refractivity contribution in [1.82, 2.24) is 24.4 Å². The maximum absolute atomic E-state index is 13.7. The zero-order valence-electron chi connectivity index (χ0n) is 18.9. The molecule has 1 spiro atoms.